The zero-order valence-electron chi connectivity index (χ0n) is 24.7. The van der Waals surface area contributed by atoms with Gasteiger partial charge in [-0.2, -0.15) is 0 Å². The van der Waals surface area contributed by atoms with E-state index in [0.29, 0.717) is 6.42 Å². The van der Waals surface area contributed by atoms with Gasteiger partial charge in [0.2, 0.25) is 23.6 Å². The second-order valence-corrected chi connectivity index (χ2v) is 12.2. The molecule has 13 heteroatoms. The lowest BCUT2D eigenvalue weighted by molar-refractivity contribution is -0.157. The van der Waals surface area contributed by atoms with Gasteiger partial charge in [0, 0.05) is 39.4 Å². The van der Waals surface area contributed by atoms with Crippen LogP contribution in [0, 0.1) is 0 Å². The number of nitrogens with zero attached hydrogens (tertiary/aromatic N) is 3. The van der Waals surface area contributed by atoms with Gasteiger partial charge in [-0.05, 0) is 24.6 Å². The van der Waals surface area contributed by atoms with Gasteiger partial charge in [0.25, 0.3) is 5.91 Å². The Kier molecular flexibility index (Phi) is 9.85. The first-order chi connectivity index (χ1) is 21.2. The summed E-state index contributed by atoms with van der Waals surface area (Å²) in [6.07, 6.45) is -0.930. The highest BCUT2D eigenvalue weighted by Gasteiger charge is 2.37. The summed E-state index contributed by atoms with van der Waals surface area (Å²) in [4.78, 5) is 73.3. The molecule has 232 valence electrons. The number of carbonyl (C=O) groups excluding carboxylic acids is 5. The number of hydrogen-bond acceptors (Lipinski definition) is 8. The van der Waals surface area contributed by atoms with Crippen LogP contribution in [0.5, 0.6) is 0 Å². The van der Waals surface area contributed by atoms with E-state index in [0.717, 1.165) is 20.8 Å². The van der Waals surface area contributed by atoms with E-state index in [4.69, 9.17) is 4.74 Å². The predicted molar refractivity (Wildman–Crippen MR) is 164 cm³/mol. The normalized spacial score (nSPS) is 23.8. The minimum absolute atomic E-state index is 0.00646. The third-order valence-corrected chi connectivity index (χ3v) is 8.73. The second-order valence-electron chi connectivity index (χ2n) is 11.1. The minimum Gasteiger partial charge on any atom is -0.360 e. The average Bonchev–Trinajstić information content (AvgIpc) is 3.44. The molecule has 2 saturated heterocycles. The molecule has 2 aliphatic heterocycles. The summed E-state index contributed by atoms with van der Waals surface area (Å²) in [6, 6.07) is 15.1. The number of carbonyl (C=O) groups is 5. The Labute approximate surface area is 259 Å². The number of thiazole rings is 1. The number of amides is 5. The van der Waals surface area contributed by atoms with Gasteiger partial charge in [-0.3, -0.25) is 24.0 Å². The first kappa shape index (κ1) is 31.1. The number of ether oxygens (including phenoxy) is 1. The number of nitrogens with one attached hydrogen (secondary N) is 3. The number of benzene rings is 2. The van der Waals surface area contributed by atoms with Crippen molar-refractivity contribution in [3.05, 3.63) is 65.2 Å². The van der Waals surface area contributed by atoms with Gasteiger partial charge in [-0.25, -0.2) is 4.98 Å². The number of para-hydroxylation sites is 1. The van der Waals surface area contributed by atoms with E-state index in [1.807, 2.05) is 54.6 Å². The number of rotatable bonds is 5. The van der Waals surface area contributed by atoms with Crippen LogP contribution < -0.4 is 16.0 Å². The number of aromatic nitrogens is 1. The Morgan fingerprint density at radius 3 is 2.52 bits per heavy atom. The Morgan fingerprint density at radius 1 is 1.00 bits per heavy atom. The molecule has 44 heavy (non-hydrogen) atoms. The van der Waals surface area contributed by atoms with Gasteiger partial charge in [-0.15, -0.1) is 11.3 Å². The Morgan fingerprint density at radius 2 is 1.75 bits per heavy atom. The highest BCUT2D eigenvalue weighted by molar-refractivity contribution is 7.18. The van der Waals surface area contributed by atoms with Crippen LogP contribution in [-0.4, -0.2) is 102 Å². The van der Waals surface area contributed by atoms with Crippen molar-refractivity contribution >= 4 is 51.1 Å². The highest BCUT2D eigenvalue weighted by atomic mass is 32.1. The number of aryl methyl sites for hydroxylation is 1. The van der Waals surface area contributed by atoms with E-state index in [1.165, 1.54) is 11.9 Å². The van der Waals surface area contributed by atoms with Gasteiger partial charge in [-0.1, -0.05) is 42.5 Å². The van der Waals surface area contributed by atoms with Gasteiger partial charge >= 0.3 is 0 Å². The quantitative estimate of drug-likeness (QED) is 0.379. The maximum Gasteiger partial charge on any atom is 0.251 e. The number of morpholine rings is 1. The van der Waals surface area contributed by atoms with Crippen LogP contribution in [0.1, 0.15) is 23.9 Å². The summed E-state index contributed by atoms with van der Waals surface area (Å²) in [5.74, 6) is -2.16. The zero-order valence-corrected chi connectivity index (χ0v) is 25.5. The molecule has 2 aromatic carbocycles. The van der Waals surface area contributed by atoms with E-state index in [-0.39, 0.29) is 44.9 Å². The molecule has 2 bridgehead atoms. The number of hydrogen-bond donors (Lipinski definition) is 3. The molecule has 5 amide bonds. The Balaban J connectivity index is 1.35. The summed E-state index contributed by atoms with van der Waals surface area (Å²) in [5.41, 5.74) is 1.71. The molecule has 3 aromatic rings. The van der Waals surface area contributed by atoms with Crippen molar-refractivity contribution in [2.45, 2.75) is 50.5 Å². The van der Waals surface area contributed by atoms with Crippen molar-refractivity contribution in [2.24, 2.45) is 0 Å². The number of likely N-dealkylation sites (N-methyl/N-ethyl adjacent to an activating group) is 1. The molecule has 12 nitrogen and oxygen atoms in total. The molecular formula is C31H36N6O6S. The highest BCUT2D eigenvalue weighted by Crippen LogP contribution is 2.23. The molecular weight excluding hydrogens is 584 g/mol. The predicted octanol–water partition coefficient (Wildman–Crippen LogP) is 0.645. The standard InChI is InChI=1S/C31H36N6O6S/c1-19-29(40)32-15-21-16-37(28(39)13-12-27-34-22-10-6-7-11-25(22)44-27)17-24(43-21)30(41)35-23(14-20-8-4-3-5-9-20)31(42)36(2)18-26(38)33-19/h3-11,19,21,23-24H,12-18H2,1-2H3,(H,32,40)(H,33,38)(H,35,41)/t19-,21+,23-,24-/m1/s1. The van der Waals surface area contributed by atoms with Crippen molar-refractivity contribution in [3.63, 3.8) is 0 Å². The summed E-state index contributed by atoms with van der Waals surface area (Å²) in [6.45, 7) is 1.43. The molecule has 4 atom stereocenters. The van der Waals surface area contributed by atoms with Gasteiger partial charge in [0.1, 0.15) is 12.1 Å². The Hall–Kier alpha value is -4.36. The fourth-order valence-corrected chi connectivity index (χ4v) is 6.26. The largest absolute Gasteiger partial charge is 0.360 e. The monoisotopic (exact) mass is 620 g/mol. The molecule has 3 N–H and O–H groups in total. The van der Waals surface area contributed by atoms with Crippen molar-refractivity contribution < 1.29 is 28.7 Å². The van der Waals surface area contributed by atoms with E-state index in [9.17, 15) is 24.0 Å². The van der Waals surface area contributed by atoms with Gasteiger partial charge in [0.15, 0.2) is 6.10 Å². The smallest absolute Gasteiger partial charge is 0.251 e. The lowest BCUT2D eigenvalue weighted by Gasteiger charge is -2.38. The van der Waals surface area contributed by atoms with E-state index >= 15 is 0 Å². The molecule has 0 aliphatic carbocycles. The van der Waals surface area contributed by atoms with Crippen LogP contribution in [0.3, 0.4) is 0 Å². The fraction of sp³-hybridized carbons (Fsp3) is 0.419. The topological polar surface area (TPSA) is 150 Å². The molecule has 0 radical (unpaired) electrons. The zero-order chi connectivity index (χ0) is 31.2. The van der Waals surface area contributed by atoms with Crippen LogP contribution in [-0.2, 0) is 41.6 Å². The molecule has 0 saturated carbocycles. The third kappa shape index (κ3) is 7.77. The maximum atomic E-state index is 13.6. The molecule has 5 rings (SSSR count). The summed E-state index contributed by atoms with van der Waals surface area (Å²) >= 11 is 1.54. The molecule has 0 spiro atoms. The van der Waals surface area contributed by atoms with E-state index < -0.39 is 47.9 Å². The van der Waals surface area contributed by atoms with E-state index in [1.54, 1.807) is 23.2 Å². The van der Waals surface area contributed by atoms with Crippen molar-refractivity contribution in [3.8, 4) is 0 Å². The minimum atomic E-state index is -1.07. The van der Waals surface area contributed by atoms with Crippen LogP contribution in [0.15, 0.2) is 54.6 Å². The van der Waals surface area contributed by atoms with Crippen LogP contribution in [0.25, 0.3) is 10.2 Å². The van der Waals surface area contributed by atoms with Crippen molar-refractivity contribution in [1.29, 1.82) is 0 Å². The third-order valence-electron chi connectivity index (χ3n) is 7.63. The first-order valence-corrected chi connectivity index (χ1v) is 15.4. The van der Waals surface area contributed by atoms with Crippen LogP contribution in [0.2, 0.25) is 0 Å². The van der Waals surface area contributed by atoms with Gasteiger partial charge in [0.05, 0.1) is 34.4 Å². The van der Waals surface area contributed by atoms with E-state index in [2.05, 4.69) is 20.9 Å². The molecule has 0 unspecified atom stereocenters. The first-order valence-electron chi connectivity index (χ1n) is 14.6. The Bertz CT molecular complexity index is 1500. The van der Waals surface area contributed by atoms with Crippen molar-refractivity contribution in [1.82, 2.24) is 30.7 Å². The molecule has 3 heterocycles. The lowest BCUT2D eigenvalue weighted by Crippen LogP contribution is -2.59. The molecule has 1 aromatic heterocycles. The average molecular weight is 621 g/mol. The SMILES string of the molecule is C[C@H]1NC(=O)CN(C)C(=O)[C@@H](Cc2ccccc2)NC(=O)[C@H]2CN(C(=O)CCc3nc4ccccc4s3)C[C@H](CNC1=O)O2. The van der Waals surface area contributed by atoms with Crippen LogP contribution in [0.4, 0.5) is 0 Å². The summed E-state index contributed by atoms with van der Waals surface area (Å²) in [5, 5.41) is 9.02. The maximum absolute atomic E-state index is 13.6. The fourth-order valence-electron chi connectivity index (χ4n) is 5.29. The second kappa shape index (κ2) is 14.0. The summed E-state index contributed by atoms with van der Waals surface area (Å²) < 4.78 is 7.13. The molecule has 2 fully saturated rings. The number of fused-ring (bicyclic) bond motifs is 3. The lowest BCUT2D eigenvalue weighted by atomic mass is 10.0. The van der Waals surface area contributed by atoms with Crippen LogP contribution >= 0.6 is 11.3 Å². The molecule has 2 aliphatic rings. The van der Waals surface area contributed by atoms with Crippen molar-refractivity contribution in [2.75, 3.05) is 33.2 Å². The van der Waals surface area contributed by atoms with Gasteiger partial charge < -0.3 is 30.5 Å². The summed E-state index contributed by atoms with van der Waals surface area (Å²) in [7, 11) is 1.47.